The van der Waals surface area contributed by atoms with Gasteiger partial charge in [-0.05, 0) is 38.0 Å². The minimum atomic E-state index is -1.45. The molecule has 1 atom stereocenters. The van der Waals surface area contributed by atoms with E-state index >= 15 is 0 Å². The summed E-state index contributed by atoms with van der Waals surface area (Å²) in [4.78, 5) is 5.69. The Morgan fingerprint density at radius 3 is 2.76 bits per heavy atom. The second kappa shape index (κ2) is 7.83. The molecule has 1 saturated carbocycles. The molecule has 0 saturated heterocycles. The average Bonchev–Trinajstić information content (AvgIpc) is 3.10. The first kappa shape index (κ1) is 18.3. The van der Waals surface area contributed by atoms with Gasteiger partial charge in [0.25, 0.3) is 0 Å². The molecule has 3 rings (SSSR count). The molecule has 0 aliphatic heterocycles. The van der Waals surface area contributed by atoms with Crippen LogP contribution in [-0.4, -0.2) is 23.2 Å². The van der Waals surface area contributed by atoms with E-state index in [0.29, 0.717) is 30.4 Å². The Balaban J connectivity index is 1.91. The molecule has 136 valence electrons. The summed E-state index contributed by atoms with van der Waals surface area (Å²) in [6.07, 6.45) is 8.25. The third kappa shape index (κ3) is 4.39. The van der Waals surface area contributed by atoms with Gasteiger partial charge in [0.2, 0.25) is 0 Å². The van der Waals surface area contributed by atoms with E-state index in [-0.39, 0.29) is 0 Å². The second-order valence-corrected chi connectivity index (χ2v) is 7.95. The first-order valence-corrected chi connectivity index (χ1v) is 9.75. The lowest BCUT2D eigenvalue weighted by Crippen LogP contribution is -2.32. The first-order valence-electron chi connectivity index (χ1n) is 8.94. The molecular weight excluding hydrogens is 334 g/mol. The molecule has 1 unspecified atom stereocenters. The Bertz CT molecular complexity index is 703. The summed E-state index contributed by atoms with van der Waals surface area (Å²) in [5.74, 6) is 1.23. The number of thiazole rings is 1. The molecule has 0 spiro atoms. The summed E-state index contributed by atoms with van der Waals surface area (Å²) in [5.41, 5.74) is 11.6. The van der Waals surface area contributed by atoms with Gasteiger partial charge in [0, 0.05) is 29.8 Å². The highest BCUT2D eigenvalue weighted by Gasteiger charge is 2.25. The van der Waals surface area contributed by atoms with Crippen molar-refractivity contribution in [3.05, 3.63) is 35.0 Å². The lowest BCUT2D eigenvalue weighted by molar-refractivity contribution is 0.0650. The number of nitrogens with zero attached hydrogens (tertiary/aromatic N) is 1. The van der Waals surface area contributed by atoms with Crippen LogP contribution in [0, 0.1) is 0 Å². The Morgan fingerprint density at radius 2 is 2.08 bits per heavy atom. The van der Waals surface area contributed by atoms with Gasteiger partial charge in [-0.1, -0.05) is 19.3 Å². The van der Waals surface area contributed by atoms with Gasteiger partial charge >= 0.3 is 0 Å². The van der Waals surface area contributed by atoms with Crippen molar-refractivity contribution in [3.8, 4) is 16.2 Å². The van der Waals surface area contributed by atoms with Crippen LogP contribution in [0.4, 0.5) is 0 Å². The average molecular weight is 362 g/mol. The maximum absolute atomic E-state index is 10.4. The Labute approximate surface area is 153 Å². The predicted octanol–water partition coefficient (Wildman–Crippen LogP) is 3.32. The van der Waals surface area contributed by atoms with E-state index in [4.69, 9.17) is 16.2 Å². The smallest absolute Gasteiger partial charge is 0.137 e. The molecule has 1 aromatic carbocycles. The van der Waals surface area contributed by atoms with E-state index < -0.39 is 5.72 Å². The van der Waals surface area contributed by atoms with Crippen molar-refractivity contribution in [3.63, 3.8) is 0 Å². The highest BCUT2D eigenvalue weighted by molar-refractivity contribution is 7.15. The van der Waals surface area contributed by atoms with E-state index in [0.717, 1.165) is 10.4 Å². The van der Waals surface area contributed by atoms with Gasteiger partial charge < -0.3 is 21.3 Å². The van der Waals surface area contributed by atoms with Crippen LogP contribution >= 0.6 is 11.3 Å². The number of benzene rings is 1. The van der Waals surface area contributed by atoms with E-state index in [2.05, 4.69) is 4.98 Å². The molecule has 5 nitrogen and oxygen atoms in total. The number of aromatic nitrogens is 1. The van der Waals surface area contributed by atoms with Crippen molar-refractivity contribution in [1.29, 1.82) is 0 Å². The van der Waals surface area contributed by atoms with Gasteiger partial charge in [-0.2, -0.15) is 0 Å². The second-order valence-electron chi connectivity index (χ2n) is 6.89. The van der Waals surface area contributed by atoms with E-state index in [1.54, 1.807) is 24.3 Å². The first-order chi connectivity index (χ1) is 12.0. The van der Waals surface area contributed by atoms with Crippen molar-refractivity contribution in [1.82, 2.24) is 4.98 Å². The van der Waals surface area contributed by atoms with Gasteiger partial charge in [-0.3, -0.25) is 0 Å². The molecule has 0 bridgehead atoms. The zero-order valence-corrected chi connectivity index (χ0v) is 15.5. The summed E-state index contributed by atoms with van der Waals surface area (Å²) in [6.45, 7) is 2.45. The van der Waals surface area contributed by atoms with Crippen molar-refractivity contribution in [2.75, 3.05) is 13.2 Å². The fraction of sp³-hybridized carbons (Fsp3) is 0.526. The van der Waals surface area contributed by atoms with Gasteiger partial charge in [-0.25, -0.2) is 4.98 Å². The summed E-state index contributed by atoms with van der Waals surface area (Å²) in [7, 11) is 0. The van der Waals surface area contributed by atoms with Crippen LogP contribution in [0.5, 0.6) is 5.75 Å². The minimum absolute atomic E-state index is 0.428. The number of ether oxygens (including phenoxy) is 1. The van der Waals surface area contributed by atoms with Crippen LogP contribution in [0.25, 0.3) is 10.4 Å². The van der Waals surface area contributed by atoms with Crippen molar-refractivity contribution >= 4 is 11.3 Å². The topological polar surface area (TPSA) is 94.4 Å². The fourth-order valence-electron chi connectivity index (χ4n) is 3.37. The minimum Gasteiger partial charge on any atom is -0.492 e. The monoisotopic (exact) mass is 361 g/mol. The summed E-state index contributed by atoms with van der Waals surface area (Å²) >= 11 is 1.71. The Hall–Kier alpha value is -1.47. The molecule has 0 radical (unpaired) electrons. The highest BCUT2D eigenvalue weighted by Crippen LogP contribution is 2.40. The molecule has 0 amide bonds. The zero-order valence-electron chi connectivity index (χ0n) is 14.7. The van der Waals surface area contributed by atoms with Crippen molar-refractivity contribution < 1.29 is 9.84 Å². The van der Waals surface area contributed by atoms with E-state index in [9.17, 15) is 5.11 Å². The zero-order chi connectivity index (χ0) is 17.9. The molecule has 1 fully saturated rings. The lowest BCUT2D eigenvalue weighted by atomic mass is 9.90. The molecule has 5 N–H and O–H groups in total. The number of hydrogen-bond acceptors (Lipinski definition) is 6. The SMILES string of the molecule is CC(N)(O)c1cc(OCCN)ccc1-c1cnc(C2CCCCC2)s1. The van der Waals surface area contributed by atoms with Crippen LogP contribution in [0.3, 0.4) is 0 Å². The van der Waals surface area contributed by atoms with Gasteiger partial charge in [-0.15, -0.1) is 11.3 Å². The number of aliphatic hydroxyl groups is 1. The molecule has 1 aliphatic rings. The normalized spacial score (nSPS) is 18.1. The highest BCUT2D eigenvalue weighted by atomic mass is 32.1. The van der Waals surface area contributed by atoms with Crippen molar-refractivity contribution in [2.45, 2.75) is 50.7 Å². The van der Waals surface area contributed by atoms with Crippen LogP contribution in [0.2, 0.25) is 0 Å². The number of hydrogen-bond donors (Lipinski definition) is 3. The lowest BCUT2D eigenvalue weighted by Gasteiger charge is -2.22. The molecule has 1 heterocycles. The summed E-state index contributed by atoms with van der Waals surface area (Å²) in [5, 5.41) is 11.6. The molecule has 2 aromatic rings. The summed E-state index contributed by atoms with van der Waals surface area (Å²) < 4.78 is 5.58. The Kier molecular flexibility index (Phi) is 5.74. The maximum Gasteiger partial charge on any atom is 0.137 e. The molecular formula is C19H27N3O2S. The third-order valence-electron chi connectivity index (χ3n) is 4.67. The molecule has 1 aliphatic carbocycles. The van der Waals surface area contributed by atoms with Crippen LogP contribution in [0.15, 0.2) is 24.4 Å². The predicted molar refractivity (Wildman–Crippen MR) is 102 cm³/mol. The summed E-state index contributed by atoms with van der Waals surface area (Å²) in [6, 6.07) is 5.63. The van der Waals surface area contributed by atoms with Crippen LogP contribution < -0.4 is 16.2 Å². The molecule has 25 heavy (non-hydrogen) atoms. The quantitative estimate of drug-likeness (QED) is 0.686. The number of rotatable bonds is 6. The van der Waals surface area contributed by atoms with Gasteiger partial charge in [0.05, 0.1) is 9.88 Å². The number of nitrogens with two attached hydrogens (primary N) is 2. The van der Waals surface area contributed by atoms with Crippen molar-refractivity contribution in [2.24, 2.45) is 11.5 Å². The van der Waals surface area contributed by atoms with Crippen LogP contribution in [0.1, 0.15) is 55.5 Å². The molecule has 1 aromatic heterocycles. The van der Waals surface area contributed by atoms with E-state index in [1.165, 1.54) is 37.1 Å². The fourth-order valence-corrected chi connectivity index (χ4v) is 4.50. The van der Waals surface area contributed by atoms with E-state index in [1.807, 2.05) is 18.3 Å². The Morgan fingerprint density at radius 1 is 1.32 bits per heavy atom. The maximum atomic E-state index is 10.4. The van der Waals surface area contributed by atoms with Crippen LogP contribution in [-0.2, 0) is 5.72 Å². The van der Waals surface area contributed by atoms with Gasteiger partial charge in [0.15, 0.2) is 0 Å². The molecule has 6 heteroatoms. The third-order valence-corrected chi connectivity index (χ3v) is 5.86. The standard InChI is InChI=1S/C19H27N3O2S/c1-19(21,23)16-11-14(24-10-9-20)7-8-15(16)17-12-22-18(25-17)13-5-3-2-4-6-13/h7-8,11-13,23H,2-6,9-10,20-21H2,1H3. The largest absolute Gasteiger partial charge is 0.492 e. The van der Waals surface area contributed by atoms with Gasteiger partial charge in [0.1, 0.15) is 18.1 Å².